The maximum Gasteiger partial charge on any atom is 0.311 e. The van der Waals surface area contributed by atoms with Gasteiger partial charge in [-0.05, 0) is 12.0 Å². The third-order valence-corrected chi connectivity index (χ3v) is 4.81. The van der Waals surface area contributed by atoms with Crippen molar-refractivity contribution in [2.75, 3.05) is 51.4 Å². The molecule has 3 rings (SSSR count). The van der Waals surface area contributed by atoms with Crippen molar-refractivity contribution in [2.45, 2.75) is 13.0 Å². The average Bonchev–Trinajstić information content (AvgIpc) is 2.96. The number of nitro benzene ring substituents is 1. The summed E-state index contributed by atoms with van der Waals surface area (Å²) in [5, 5.41) is 11.0. The number of ether oxygens (including phenoxy) is 2. The maximum absolute atomic E-state index is 11.0. The Morgan fingerprint density at radius 3 is 2.70 bits per heavy atom. The second-order valence-corrected chi connectivity index (χ2v) is 6.21. The molecule has 2 aliphatic rings. The van der Waals surface area contributed by atoms with E-state index in [2.05, 4.69) is 16.7 Å². The van der Waals surface area contributed by atoms with Gasteiger partial charge >= 0.3 is 5.69 Å². The van der Waals surface area contributed by atoms with Gasteiger partial charge in [0.1, 0.15) is 0 Å². The normalized spacial score (nSPS) is 25.6. The van der Waals surface area contributed by atoms with E-state index >= 15 is 0 Å². The van der Waals surface area contributed by atoms with Crippen LogP contribution >= 0.6 is 0 Å². The van der Waals surface area contributed by atoms with Crippen molar-refractivity contribution in [3.05, 3.63) is 28.3 Å². The van der Waals surface area contributed by atoms with Gasteiger partial charge in [0.05, 0.1) is 25.2 Å². The largest absolute Gasteiger partial charge is 0.490 e. The molecule has 0 aromatic heterocycles. The minimum Gasteiger partial charge on any atom is -0.490 e. The summed E-state index contributed by atoms with van der Waals surface area (Å²) in [6.45, 7) is 7.70. The second-order valence-electron chi connectivity index (χ2n) is 6.21. The van der Waals surface area contributed by atoms with Crippen LogP contribution in [0.15, 0.2) is 18.2 Å². The third-order valence-electron chi connectivity index (χ3n) is 4.81. The Morgan fingerprint density at radius 1 is 1.30 bits per heavy atom. The standard InChI is InChI=1S/C16H23N3O4/c1-12-10-18(11-15(12)17-5-7-23-8-6-17)13-3-4-14(19(20)21)16(9-13)22-2/h3-4,9,12,15H,5-8,10-11H2,1-2H3/t12-,15+/m0/s1. The van der Waals surface area contributed by atoms with Gasteiger partial charge < -0.3 is 14.4 Å². The molecule has 1 aromatic carbocycles. The summed E-state index contributed by atoms with van der Waals surface area (Å²) in [6.07, 6.45) is 0. The lowest BCUT2D eigenvalue weighted by molar-refractivity contribution is -0.385. The van der Waals surface area contributed by atoms with Gasteiger partial charge in [0, 0.05) is 50.0 Å². The van der Waals surface area contributed by atoms with Gasteiger partial charge in [-0.3, -0.25) is 15.0 Å². The van der Waals surface area contributed by atoms with E-state index < -0.39 is 4.92 Å². The van der Waals surface area contributed by atoms with E-state index in [0.29, 0.717) is 17.7 Å². The molecule has 0 N–H and O–H groups in total. The number of benzene rings is 1. The van der Waals surface area contributed by atoms with Crippen LogP contribution in [0, 0.1) is 16.0 Å². The first-order valence-electron chi connectivity index (χ1n) is 7.99. The van der Waals surface area contributed by atoms with Crippen LogP contribution in [0.3, 0.4) is 0 Å². The minimum absolute atomic E-state index is 0.00762. The Morgan fingerprint density at radius 2 is 2.04 bits per heavy atom. The summed E-state index contributed by atoms with van der Waals surface area (Å²) in [5.41, 5.74) is 0.989. The lowest BCUT2D eigenvalue weighted by Crippen LogP contribution is -2.46. The molecule has 23 heavy (non-hydrogen) atoms. The van der Waals surface area contributed by atoms with Gasteiger partial charge in [-0.15, -0.1) is 0 Å². The van der Waals surface area contributed by atoms with Crippen LogP contribution in [0.25, 0.3) is 0 Å². The van der Waals surface area contributed by atoms with Gasteiger partial charge in [-0.1, -0.05) is 6.92 Å². The molecule has 0 spiro atoms. The van der Waals surface area contributed by atoms with E-state index in [1.807, 2.05) is 6.07 Å². The second kappa shape index (κ2) is 6.72. The highest BCUT2D eigenvalue weighted by molar-refractivity contribution is 5.60. The minimum atomic E-state index is -0.411. The molecule has 0 radical (unpaired) electrons. The van der Waals surface area contributed by atoms with Crippen molar-refractivity contribution in [2.24, 2.45) is 5.92 Å². The lowest BCUT2D eigenvalue weighted by atomic mass is 10.0. The number of nitro groups is 1. The van der Waals surface area contributed by atoms with Crippen LogP contribution < -0.4 is 9.64 Å². The van der Waals surface area contributed by atoms with Crippen LogP contribution in [-0.2, 0) is 4.74 Å². The zero-order valence-electron chi connectivity index (χ0n) is 13.6. The fourth-order valence-electron chi connectivity index (χ4n) is 3.56. The predicted molar refractivity (Wildman–Crippen MR) is 87.2 cm³/mol. The SMILES string of the molecule is COc1cc(N2C[C@@H](N3CCOCC3)[C@@H](C)C2)ccc1[N+](=O)[O-]. The fourth-order valence-corrected chi connectivity index (χ4v) is 3.56. The molecule has 0 bridgehead atoms. The van der Waals surface area contributed by atoms with Crippen LogP contribution in [-0.4, -0.2) is 62.4 Å². The average molecular weight is 321 g/mol. The highest BCUT2D eigenvalue weighted by Crippen LogP contribution is 2.34. The number of methoxy groups -OCH3 is 1. The van der Waals surface area contributed by atoms with Crippen molar-refractivity contribution in [1.29, 1.82) is 0 Å². The molecule has 2 atom stereocenters. The molecule has 2 saturated heterocycles. The van der Waals surface area contributed by atoms with Crippen molar-refractivity contribution in [3.8, 4) is 5.75 Å². The zero-order valence-corrected chi connectivity index (χ0v) is 13.6. The van der Waals surface area contributed by atoms with Gasteiger partial charge in [0.25, 0.3) is 0 Å². The summed E-state index contributed by atoms with van der Waals surface area (Å²) in [5.74, 6) is 0.865. The molecular formula is C16H23N3O4. The molecule has 2 heterocycles. The smallest absolute Gasteiger partial charge is 0.311 e. The Labute approximate surface area is 135 Å². The first kappa shape index (κ1) is 16.0. The summed E-state index contributed by atoms with van der Waals surface area (Å²) in [4.78, 5) is 15.4. The molecule has 7 heteroatoms. The summed E-state index contributed by atoms with van der Waals surface area (Å²) in [6, 6.07) is 5.61. The number of rotatable bonds is 4. The van der Waals surface area contributed by atoms with E-state index in [4.69, 9.17) is 9.47 Å². The van der Waals surface area contributed by atoms with Crippen LogP contribution in [0.2, 0.25) is 0 Å². The van der Waals surface area contributed by atoms with Gasteiger partial charge in [0.15, 0.2) is 5.75 Å². The maximum atomic E-state index is 11.0. The highest BCUT2D eigenvalue weighted by Gasteiger charge is 2.35. The molecule has 0 aliphatic carbocycles. The highest BCUT2D eigenvalue weighted by atomic mass is 16.6. The van der Waals surface area contributed by atoms with Crippen LogP contribution in [0.1, 0.15) is 6.92 Å². The number of nitrogens with zero attached hydrogens (tertiary/aromatic N) is 3. The lowest BCUT2D eigenvalue weighted by Gasteiger charge is -2.34. The van der Waals surface area contributed by atoms with Crippen molar-refractivity contribution in [3.63, 3.8) is 0 Å². The Kier molecular flexibility index (Phi) is 4.68. The third kappa shape index (κ3) is 3.25. The van der Waals surface area contributed by atoms with Crippen molar-refractivity contribution >= 4 is 11.4 Å². The Bertz CT molecular complexity index is 574. The predicted octanol–water partition coefficient (Wildman–Crippen LogP) is 1.76. The number of anilines is 1. The number of morpholine rings is 1. The van der Waals surface area contributed by atoms with Crippen molar-refractivity contribution in [1.82, 2.24) is 4.90 Å². The quantitative estimate of drug-likeness (QED) is 0.622. The topological polar surface area (TPSA) is 68.1 Å². The monoisotopic (exact) mass is 321 g/mol. The molecule has 126 valence electrons. The fraction of sp³-hybridized carbons (Fsp3) is 0.625. The van der Waals surface area contributed by atoms with Gasteiger partial charge in [-0.25, -0.2) is 0 Å². The zero-order chi connectivity index (χ0) is 16.4. The van der Waals surface area contributed by atoms with E-state index in [1.54, 1.807) is 6.07 Å². The molecule has 0 amide bonds. The molecule has 7 nitrogen and oxygen atoms in total. The molecular weight excluding hydrogens is 298 g/mol. The van der Waals surface area contributed by atoms with E-state index in [1.165, 1.54) is 13.2 Å². The van der Waals surface area contributed by atoms with E-state index in [0.717, 1.165) is 45.1 Å². The Hall–Kier alpha value is -1.86. The molecule has 2 aliphatic heterocycles. The number of hydrogen-bond acceptors (Lipinski definition) is 6. The molecule has 1 aromatic rings. The van der Waals surface area contributed by atoms with E-state index in [9.17, 15) is 10.1 Å². The Balaban J connectivity index is 1.76. The first-order chi connectivity index (χ1) is 11.1. The molecule has 2 fully saturated rings. The van der Waals surface area contributed by atoms with Crippen LogP contribution in [0.5, 0.6) is 5.75 Å². The van der Waals surface area contributed by atoms with E-state index in [-0.39, 0.29) is 5.69 Å². The van der Waals surface area contributed by atoms with Crippen molar-refractivity contribution < 1.29 is 14.4 Å². The first-order valence-corrected chi connectivity index (χ1v) is 7.99. The summed E-state index contributed by atoms with van der Waals surface area (Å²) in [7, 11) is 1.47. The summed E-state index contributed by atoms with van der Waals surface area (Å²) < 4.78 is 10.6. The summed E-state index contributed by atoms with van der Waals surface area (Å²) >= 11 is 0. The number of hydrogen-bond donors (Lipinski definition) is 0. The molecule has 0 saturated carbocycles. The van der Waals surface area contributed by atoms with Crippen LogP contribution in [0.4, 0.5) is 11.4 Å². The van der Waals surface area contributed by atoms with Gasteiger partial charge in [0.2, 0.25) is 0 Å². The van der Waals surface area contributed by atoms with Gasteiger partial charge in [-0.2, -0.15) is 0 Å². The molecule has 0 unspecified atom stereocenters.